The summed E-state index contributed by atoms with van der Waals surface area (Å²) in [5, 5.41) is 2.78. The molecule has 2 heterocycles. The number of hydrogen-bond donors (Lipinski definition) is 0. The minimum absolute atomic E-state index is 0.133. The van der Waals surface area contributed by atoms with E-state index in [1.807, 2.05) is 12.2 Å². The summed E-state index contributed by atoms with van der Waals surface area (Å²) < 4.78 is 10.5. The second-order valence-electron chi connectivity index (χ2n) is 5.65. The standard InChI is InChI=1S/C14H22N2O4/c1-9(2)19-13(17)15-11-5-7-12(8-6-11)16(15)14(18)20-10(3)4/h5,7,9-12H,6,8H2,1-4H3. The fourth-order valence-electron chi connectivity index (χ4n) is 2.48. The number of hydrogen-bond acceptors (Lipinski definition) is 4. The van der Waals surface area contributed by atoms with E-state index in [4.69, 9.17) is 9.47 Å². The van der Waals surface area contributed by atoms with Gasteiger partial charge in [-0.15, -0.1) is 0 Å². The van der Waals surface area contributed by atoms with E-state index in [2.05, 4.69) is 0 Å². The zero-order valence-corrected chi connectivity index (χ0v) is 12.4. The van der Waals surface area contributed by atoms with Gasteiger partial charge in [-0.2, -0.15) is 0 Å². The second kappa shape index (κ2) is 5.73. The Morgan fingerprint density at radius 3 is 1.50 bits per heavy atom. The Morgan fingerprint density at radius 1 is 0.900 bits per heavy atom. The van der Waals surface area contributed by atoms with Gasteiger partial charge in [0, 0.05) is 0 Å². The number of hydrazine groups is 1. The van der Waals surface area contributed by atoms with Crippen LogP contribution in [0.25, 0.3) is 0 Å². The first-order valence-corrected chi connectivity index (χ1v) is 7.08. The molecule has 2 aliphatic heterocycles. The molecule has 1 fully saturated rings. The highest BCUT2D eigenvalue weighted by Gasteiger charge is 2.44. The van der Waals surface area contributed by atoms with E-state index < -0.39 is 12.2 Å². The lowest BCUT2D eigenvalue weighted by molar-refractivity contribution is -0.0877. The summed E-state index contributed by atoms with van der Waals surface area (Å²) in [6.45, 7) is 7.14. The fraction of sp³-hybridized carbons (Fsp3) is 0.714. The molecule has 0 aromatic carbocycles. The van der Waals surface area contributed by atoms with E-state index in [-0.39, 0.29) is 24.3 Å². The van der Waals surface area contributed by atoms with Crippen LogP contribution in [0.2, 0.25) is 0 Å². The third-order valence-corrected chi connectivity index (χ3v) is 3.22. The molecule has 2 amide bonds. The zero-order chi connectivity index (χ0) is 14.9. The Balaban J connectivity index is 2.19. The molecule has 2 bridgehead atoms. The summed E-state index contributed by atoms with van der Waals surface area (Å²) in [5.41, 5.74) is 0. The molecular formula is C14H22N2O4. The van der Waals surface area contributed by atoms with Gasteiger partial charge in [-0.1, -0.05) is 12.2 Å². The van der Waals surface area contributed by atoms with Crippen LogP contribution in [0.15, 0.2) is 12.2 Å². The van der Waals surface area contributed by atoms with Crippen LogP contribution in [0.5, 0.6) is 0 Å². The molecule has 1 aliphatic carbocycles. The van der Waals surface area contributed by atoms with Crippen molar-refractivity contribution in [3.63, 3.8) is 0 Å². The van der Waals surface area contributed by atoms with Gasteiger partial charge in [0.2, 0.25) is 0 Å². The minimum atomic E-state index is -0.500. The van der Waals surface area contributed by atoms with Gasteiger partial charge in [0.1, 0.15) is 0 Å². The molecule has 0 aromatic heterocycles. The summed E-state index contributed by atoms with van der Waals surface area (Å²) in [6, 6.07) is -0.267. The molecule has 2 atom stereocenters. The first kappa shape index (κ1) is 14.7. The monoisotopic (exact) mass is 282 g/mol. The predicted molar refractivity (Wildman–Crippen MR) is 72.9 cm³/mol. The molecule has 112 valence electrons. The van der Waals surface area contributed by atoms with Gasteiger partial charge in [0.15, 0.2) is 0 Å². The fourth-order valence-corrected chi connectivity index (χ4v) is 2.48. The van der Waals surface area contributed by atoms with Gasteiger partial charge >= 0.3 is 12.2 Å². The maximum Gasteiger partial charge on any atom is 0.429 e. The van der Waals surface area contributed by atoms with Gasteiger partial charge < -0.3 is 9.47 Å². The Bertz CT molecular complexity index is 381. The minimum Gasteiger partial charge on any atom is -0.445 e. The van der Waals surface area contributed by atoms with E-state index in [9.17, 15) is 9.59 Å². The lowest BCUT2D eigenvalue weighted by Crippen LogP contribution is -2.63. The van der Waals surface area contributed by atoms with Crippen molar-refractivity contribution in [2.45, 2.75) is 64.8 Å². The second-order valence-corrected chi connectivity index (χ2v) is 5.65. The number of nitrogens with zero attached hydrogens (tertiary/aromatic N) is 2. The molecule has 0 saturated carbocycles. The summed E-state index contributed by atoms with van der Waals surface area (Å²) in [4.78, 5) is 24.4. The number of amides is 2. The topological polar surface area (TPSA) is 59.1 Å². The molecule has 20 heavy (non-hydrogen) atoms. The highest BCUT2D eigenvalue weighted by atomic mass is 16.6. The van der Waals surface area contributed by atoms with E-state index in [0.717, 1.165) is 12.8 Å². The molecule has 6 nitrogen and oxygen atoms in total. The van der Waals surface area contributed by atoms with Crippen LogP contribution in [0.3, 0.4) is 0 Å². The van der Waals surface area contributed by atoms with Gasteiger partial charge in [0.05, 0.1) is 24.3 Å². The van der Waals surface area contributed by atoms with Crippen LogP contribution < -0.4 is 0 Å². The molecular weight excluding hydrogens is 260 g/mol. The van der Waals surface area contributed by atoms with Crippen molar-refractivity contribution in [1.29, 1.82) is 0 Å². The maximum atomic E-state index is 12.2. The lowest BCUT2D eigenvalue weighted by atomic mass is 9.94. The van der Waals surface area contributed by atoms with Crippen molar-refractivity contribution in [1.82, 2.24) is 10.0 Å². The average Bonchev–Trinajstić information content (AvgIpc) is 2.37. The Kier molecular flexibility index (Phi) is 4.20. The van der Waals surface area contributed by atoms with Crippen molar-refractivity contribution in [3.8, 4) is 0 Å². The average molecular weight is 282 g/mol. The van der Waals surface area contributed by atoms with Crippen molar-refractivity contribution in [3.05, 3.63) is 12.2 Å². The van der Waals surface area contributed by atoms with Crippen LogP contribution in [-0.4, -0.2) is 46.5 Å². The first-order valence-electron chi connectivity index (χ1n) is 7.08. The summed E-state index contributed by atoms with van der Waals surface area (Å²) >= 11 is 0. The van der Waals surface area contributed by atoms with Crippen molar-refractivity contribution in [2.24, 2.45) is 0 Å². The Morgan fingerprint density at radius 2 is 1.25 bits per heavy atom. The molecule has 0 radical (unpaired) electrons. The zero-order valence-electron chi connectivity index (χ0n) is 12.4. The third-order valence-electron chi connectivity index (χ3n) is 3.22. The van der Waals surface area contributed by atoms with E-state index in [0.29, 0.717) is 0 Å². The van der Waals surface area contributed by atoms with Crippen LogP contribution in [0, 0.1) is 0 Å². The van der Waals surface area contributed by atoms with E-state index >= 15 is 0 Å². The Hall–Kier alpha value is -1.72. The van der Waals surface area contributed by atoms with Crippen LogP contribution in [0.4, 0.5) is 9.59 Å². The third kappa shape index (κ3) is 2.89. The molecule has 6 heteroatoms. The number of carbonyl (C=O) groups excluding carboxylic acids is 2. The smallest absolute Gasteiger partial charge is 0.429 e. The van der Waals surface area contributed by atoms with Crippen molar-refractivity contribution in [2.75, 3.05) is 0 Å². The predicted octanol–water partition coefficient (Wildman–Crippen LogP) is 2.70. The number of rotatable bonds is 2. The SMILES string of the molecule is CC(C)OC(=O)N1C2C=CC(CC2)N1C(=O)OC(C)C. The molecule has 0 N–H and O–H groups in total. The van der Waals surface area contributed by atoms with Gasteiger partial charge in [-0.3, -0.25) is 0 Å². The maximum absolute atomic E-state index is 12.2. The normalized spacial score (nSPS) is 24.5. The molecule has 0 spiro atoms. The number of fused-ring (bicyclic) bond motifs is 2. The van der Waals surface area contributed by atoms with Crippen LogP contribution >= 0.6 is 0 Å². The van der Waals surface area contributed by atoms with Gasteiger partial charge in [-0.25, -0.2) is 19.6 Å². The molecule has 3 aliphatic rings. The summed E-state index contributed by atoms with van der Waals surface area (Å²) in [6.07, 6.45) is 4.12. The summed E-state index contributed by atoms with van der Waals surface area (Å²) in [5.74, 6) is 0. The molecule has 2 unspecified atom stereocenters. The highest BCUT2D eigenvalue weighted by molar-refractivity contribution is 5.76. The molecule has 3 rings (SSSR count). The number of ether oxygens (including phenoxy) is 2. The van der Waals surface area contributed by atoms with Crippen LogP contribution in [-0.2, 0) is 9.47 Å². The highest BCUT2D eigenvalue weighted by Crippen LogP contribution is 2.32. The van der Waals surface area contributed by atoms with Gasteiger partial charge in [-0.05, 0) is 40.5 Å². The lowest BCUT2D eigenvalue weighted by Gasteiger charge is -2.48. The first-order chi connectivity index (χ1) is 9.40. The largest absolute Gasteiger partial charge is 0.445 e. The van der Waals surface area contributed by atoms with Crippen molar-refractivity contribution < 1.29 is 19.1 Å². The van der Waals surface area contributed by atoms with Gasteiger partial charge in [0.25, 0.3) is 0 Å². The Labute approximate surface area is 119 Å². The number of carbonyl (C=O) groups is 2. The van der Waals surface area contributed by atoms with Crippen molar-refractivity contribution >= 4 is 12.2 Å². The quantitative estimate of drug-likeness (QED) is 0.731. The van der Waals surface area contributed by atoms with Crippen LogP contribution in [0.1, 0.15) is 40.5 Å². The molecule has 1 saturated heterocycles. The summed E-state index contributed by atoms with van der Waals surface area (Å²) in [7, 11) is 0. The van der Waals surface area contributed by atoms with E-state index in [1.54, 1.807) is 27.7 Å². The molecule has 0 aromatic rings. The van der Waals surface area contributed by atoms with E-state index in [1.165, 1.54) is 10.0 Å².